The molecule has 1 amide bonds. The molecule has 14 heteroatoms. The van der Waals surface area contributed by atoms with Crippen molar-refractivity contribution in [3.05, 3.63) is 48.0 Å². The predicted molar refractivity (Wildman–Crippen MR) is 158 cm³/mol. The smallest absolute Gasteiger partial charge is 0.407 e. The maximum atomic E-state index is 13.9. The number of sulfonamides is 1. The number of amides is 1. The van der Waals surface area contributed by atoms with E-state index in [0.29, 0.717) is 43.4 Å². The highest BCUT2D eigenvalue weighted by Crippen LogP contribution is 2.37. The Morgan fingerprint density at radius 3 is 2.55 bits per heavy atom. The van der Waals surface area contributed by atoms with E-state index >= 15 is 0 Å². The number of fused-ring (bicyclic) bond motifs is 2. The molecule has 5 atom stereocenters. The molecule has 0 bridgehead atoms. The second-order valence-corrected chi connectivity index (χ2v) is 13.6. The van der Waals surface area contributed by atoms with Gasteiger partial charge in [-0.15, -0.1) is 0 Å². The summed E-state index contributed by atoms with van der Waals surface area (Å²) in [6.07, 6.45) is -2.38. The fourth-order valence-corrected chi connectivity index (χ4v) is 7.65. The van der Waals surface area contributed by atoms with Crippen LogP contribution < -0.4 is 19.9 Å². The minimum atomic E-state index is -4.11. The molecule has 0 aromatic heterocycles. The lowest BCUT2D eigenvalue weighted by molar-refractivity contribution is -0.0906. The lowest BCUT2D eigenvalue weighted by Crippen LogP contribution is -2.57. The molecule has 0 aliphatic carbocycles. The Bertz CT molecular complexity index is 1390. The topological polar surface area (TPSA) is 170 Å². The van der Waals surface area contributed by atoms with Crippen LogP contribution in [0.25, 0.3) is 0 Å². The zero-order valence-electron chi connectivity index (χ0n) is 24.9. The van der Waals surface area contributed by atoms with Crippen molar-refractivity contribution in [1.29, 1.82) is 0 Å². The lowest BCUT2D eigenvalue weighted by atomic mass is 9.93. The summed E-state index contributed by atoms with van der Waals surface area (Å²) in [5, 5.41) is 22.4. The van der Waals surface area contributed by atoms with Gasteiger partial charge in [0.1, 0.15) is 12.4 Å². The molecule has 13 nitrogen and oxygen atoms in total. The molecule has 0 radical (unpaired) electrons. The van der Waals surface area contributed by atoms with Crippen LogP contribution in [0.15, 0.2) is 47.4 Å². The van der Waals surface area contributed by atoms with Gasteiger partial charge in [0.05, 0.1) is 36.3 Å². The van der Waals surface area contributed by atoms with E-state index in [1.807, 2.05) is 13.8 Å². The Morgan fingerprint density at radius 1 is 1.09 bits per heavy atom. The van der Waals surface area contributed by atoms with Gasteiger partial charge >= 0.3 is 6.09 Å². The number of benzene rings is 2. The Morgan fingerprint density at radius 2 is 1.84 bits per heavy atom. The quantitative estimate of drug-likeness (QED) is 0.278. The van der Waals surface area contributed by atoms with Crippen LogP contribution in [-0.2, 0) is 25.9 Å². The molecule has 2 aromatic rings. The number of hydrogen-bond acceptors (Lipinski definition) is 10. The van der Waals surface area contributed by atoms with Crippen LogP contribution in [0.5, 0.6) is 17.2 Å². The first-order valence-electron chi connectivity index (χ1n) is 14.8. The first kappa shape index (κ1) is 32.3. The van der Waals surface area contributed by atoms with E-state index in [9.17, 15) is 23.4 Å². The maximum Gasteiger partial charge on any atom is 0.407 e. The molecular weight excluding hydrogens is 594 g/mol. The van der Waals surface area contributed by atoms with E-state index in [1.54, 1.807) is 24.3 Å². The summed E-state index contributed by atoms with van der Waals surface area (Å²) in [6.45, 7) is 4.79. The van der Waals surface area contributed by atoms with Crippen molar-refractivity contribution in [3.63, 3.8) is 0 Å². The van der Waals surface area contributed by atoms with Crippen LogP contribution in [-0.4, -0.2) is 105 Å². The Balaban J connectivity index is 1.45. The van der Waals surface area contributed by atoms with Gasteiger partial charge < -0.3 is 39.6 Å². The van der Waals surface area contributed by atoms with Crippen LogP contribution in [0.4, 0.5) is 4.79 Å². The summed E-state index contributed by atoms with van der Waals surface area (Å²) in [5.41, 5.74) is 6.28. The van der Waals surface area contributed by atoms with Crippen LogP contribution in [0.3, 0.4) is 0 Å². The van der Waals surface area contributed by atoms with Crippen LogP contribution in [0.1, 0.15) is 25.8 Å². The van der Waals surface area contributed by atoms with Gasteiger partial charge in [-0.05, 0) is 48.6 Å². The molecule has 0 unspecified atom stereocenters. The van der Waals surface area contributed by atoms with Crippen LogP contribution in [0, 0.1) is 11.8 Å². The number of aliphatic hydroxyl groups excluding tert-OH is 1. The highest BCUT2D eigenvalue weighted by atomic mass is 32.2. The molecule has 0 saturated carbocycles. The third kappa shape index (κ3) is 7.05. The number of nitrogens with zero attached hydrogens (tertiary/aromatic N) is 2. The average molecular weight is 636 g/mol. The number of hydrogen-bond donors (Lipinski definition) is 3. The number of nitrogens with two attached hydrogens (primary N) is 1. The van der Waals surface area contributed by atoms with Crippen molar-refractivity contribution in [1.82, 2.24) is 9.21 Å². The summed E-state index contributed by atoms with van der Waals surface area (Å²) in [4.78, 5) is 14.1. The third-order valence-electron chi connectivity index (χ3n) is 8.08. The number of rotatable bonds is 14. The van der Waals surface area contributed by atoms with Gasteiger partial charge in [-0.3, -0.25) is 4.90 Å². The molecule has 2 aromatic carbocycles. The van der Waals surface area contributed by atoms with Gasteiger partial charge in [-0.1, -0.05) is 26.0 Å². The Hall–Kier alpha value is -3.14. The van der Waals surface area contributed by atoms with E-state index < -0.39 is 40.6 Å². The fraction of sp³-hybridized carbons (Fsp3) is 0.567. The molecule has 2 fully saturated rings. The van der Waals surface area contributed by atoms with Crippen molar-refractivity contribution < 1.29 is 47.1 Å². The van der Waals surface area contributed by atoms with Crippen molar-refractivity contribution in [3.8, 4) is 17.2 Å². The van der Waals surface area contributed by atoms with Gasteiger partial charge in [0.15, 0.2) is 17.8 Å². The van der Waals surface area contributed by atoms with Gasteiger partial charge in [-0.25, -0.2) is 13.2 Å². The number of aliphatic hydroxyl groups is 1. The highest BCUT2D eigenvalue weighted by molar-refractivity contribution is 7.89. The monoisotopic (exact) mass is 635 g/mol. The second kappa shape index (κ2) is 13.9. The number of carboxylic acid groups (broad SMARTS) is 1. The largest absolute Gasteiger partial charge is 0.492 e. The maximum absolute atomic E-state index is 13.9. The summed E-state index contributed by atoms with van der Waals surface area (Å²) >= 11 is 0. The molecule has 5 rings (SSSR count). The molecule has 3 aliphatic heterocycles. The molecule has 3 heterocycles. The SMILES string of the molecule is CC(C)CN(C[C@@H](O)[C@H](Cc1ccc(OCCN)cc1)N(C(=O)O)[C@H]1CO[C@H]2OCC[C@H]21)S(=O)(=O)c1ccc2c(c1)OCO2. The van der Waals surface area contributed by atoms with E-state index in [-0.39, 0.29) is 49.6 Å². The van der Waals surface area contributed by atoms with Gasteiger partial charge in [-0.2, -0.15) is 4.31 Å². The second-order valence-electron chi connectivity index (χ2n) is 11.6. The molecule has 2 saturated heterocycles. The predicted octanol–water partition coefficient (Wildman–Crippen LogP) is 2.11. The molecule has 4 N–H and O–H groups in total. The first-order chi connectivity index (χ1) is 21.1. The molecule has 3 aliphatic rings. The Kier molecular flexibility index (Phi) is 10.2. The standard InChI is InChI=1S/C30H41N3O10S/c1-19(2)15-32(44(37,38)22-7-8-27-28(14-22)43-18-42-27)16-26(34)24(13-20-3-5-21(6-4-20)39-12-10-31)33(30(35)36)25-17-41-29-23(25)9-11-40-29/h3-8,14,19,23-26,29,34H,9-13,15-18,31H2,1-2H3,(H,35,36)/t23-,24-,25-,26+,29+/m0/s1. The van der Waals surface area contributed by atoms with Gasteiger partial charge in [0.2, 0.25) is 16.8 Å². The zero-order chi connectivity index (χ0) is 31.4. The third-order valence-corrected chi connectivity index (χ3v) is 9.91. The molecular formula is C30H41N3O10S. The summed E-state index contributed by atoms with van der Waals surface area (Å²) < 4.78 is 56.8. The minimum absolute atomic E-state index is 0.00213. The van der Waals surface area contributed by atoms with E-state index in [4.69, 9.17) is 29.4 Å². The highest BCUT2D eigenvalue weighted by Gasteiger charge is 2.49. The number of ether oxygens (including phenoxy) is 5. The fourth-order valence-electron chi connectivity index (χ4n) is 6.01. The molecule has 44 heavy (non-hydrogen) atoms. The zero-order valence-corrected chi connectivity index (χ0v) is 25.7. The van der Waals surface area contributed by atoms with Crippen molar-refractivity contribution in [2.75, 3.05) is 46.2 Å². The average Bonchev–Trinajstić information content (AvgIpc) is 3.74. The summed E-state index contributed by atoms with van der Waals surface area (Å²) in [6, 6.07) is 9.92. The summed E-state index contributed by atoms with van der Waals surface area (Å²) in [5.74, 6) is 1.10. The summed E-state index contributed by atoms with van der Waals surface area (Å²) in [7, 11) is -4.11. The van der Waals surface area contributed by atoms with Crippen LogP contribution >= 0.6 is 0 Å². The van der Waals surface area contributed by atoms with E-state index in [0.717, 1.165) is 5.56 Å². The molecule has 0 spiro atoms. The van der Waals surface area contributed by atoms with E-state index in [1.165, 1.54) is 27.4 Å². The molecule has 242 valence electrons. The van der Waals surface area contributed by atoms with Gasteiger partial charge in [0.25, 0.3) is 0 Å². The first-order valence-corrected chi connectivity index (χ1v) is 16.3. The van der Waals surface area contributed by atoms with Crippen LogP contribution in [0.2, 0.25) is 0 Å². The van der Waals surface area contributed by atoms with Crippen molar-refractivity contribution >= 4 is 16.1 Å². The van der Waals surface area contributed by atoms with Crippen molar-refractivity contribution in [2.45, 2.75) is 56.1 Å². The van der Waals surface area contributed by atoms with Gasteiger partial charge in [0, 0.05) is 31.6 Å². The minimum Gasteiger partial charge on any atom is -0.492 e. The van der Waals surface area contributed by atoms with E-state index in [2.05, 4.69) is 0 Å². The number of carbonyl (C=O) groups is 1. The Labute approximate surface area is 257 Å². The lowest BCUT2D eigenvalue weighted by Gasteiger charge is -2.39. The normalized spacial score (nSPS) is 22.3. The van der Waals surface area contributed by atoms with Crippen molar-refractivity contribution in [2.24, 2.45) is 17.6 Å².